The van der Waals surface area contributed by atoms with Gasteiger partial charge in [0.1, 0.15) is 0 Å². The van der Waals surface area contributed by atoms with Crippen LogP contribution in [0.3, 0.4) is 0 Å². The van der Waals surface area contributed by atoms with E-state index in [0.717, 1.165) is 72.6 Å². The number of para-hydroxylation sites is 2. The molecule has 6 aromatic heterocycles. The average Bonchev–Trinajstić information content (AvgIpc) is 4.01. The van der Waals surface area contributed by atoms with Crippen molar-refractivity contribution in [3.05, 3.63) is 213 Å². The molecule has 6 heterocycles. The molecule has 5 nitrogen and oxygen atoms in total. The maximum absolute atomic E-state index is 5.18. The van der Waals surface area contributed by atoms with E-state index in [1.165, 1.54) is 47.5 Å². The Bertz CT molecular complexity index is 3860. The molecule has 0 radical (unpaired) electrons. The van der Waals surface area contributed by atoms with Crippen LogP contribution < -0.4 is 0 Å². The summed E-state index contributed by atoms with van der Waals surface area (Å²) in [6.45, 7) is 0. The number of hydrogen-bond acceptors (Lipinski definition) is 4. The maximum Gasteiger partial charge on any atom is 0.0888 e. The first-order valence-corrected chi connectivity index (χ1v) is 22.0. The highest BCUT2D eigenvalue weighted by atomic mass is 32.1. The third-order valence-electron chi connectivity index (χ3n) is 12.4. The van der Waals surface area contributed by atoms with E-state index in [1.54, 1.807) is 11.3 Å². The smallest absolute Gasteiger partial charge is 0.0888 e. The SMILES string of the molecule is c1ccc(-c2cc(-n3c4ccccc4c4cc(-c5ccc6c(c5)c5ccccc5n6-c5cncc(-c6ccc7sc8cccnc8c7c6)c5)ccc43)cc(-c3ccccc3)n2)cc1. The Morgan fingerprint density at radius 1 is 0.349 bits per heavy atom. The lowest BCUT2D eigenvalue weighted by Gasteiger charge is -2.13. The van der Waals surface area contributed by atoms with Crippen LogP contribution in [0.25, 0.3) is 120 Å². The van der Waals surface area contributed by atoms with E-state index >= 15 is 0 Å². The zero-order valence-electron chi connectivity index (χ0n) is 33.9. The van der Waals surface area contributed by atoms with Crippen molar-refractivity contribution in [2.24, 2.45) is 0 Å². The van der Waals surface area contributed by atoms with Crippen LogP contribution in [0, 0.1) is 0 Å². The summed E-state index contributed by atoms with van der Waals surface area (Å²) in [4.78, 5) is 14.7. The first-order valence-electron chi connectivity index (χ1n) is 21.2. The van der Waals surface area contributed by atoms with Crippen LogP contribution in [0.15, 0.2) is 213 Å². The van der Waals surface area contributed by atoms with Crippen molar-refractivity contribution >= 4 is 75.3 Å². The molecule has 0 aliphatic rings. The predicted octanol–water partition coefficient (Wildman–Crippen LogP) is 15.1. The molecule has 0 amide bonds. The molecule has 0 N–H and O–H groups in total. The van der Waals surface area contributed by atoms with E-state index in [1.807, 2.05) is 24.7 Å². The summed E-state index contributed by atoms with van der Waals surface area (Å²) >= 11 is 1.78. The fourth-order valence-electron chi connectivity index (χ4n) is 9.51. The zero-order valence-corrected chi connectivity index (χ0v) is 34.7. The second-order valence-corrected chi connectivity index (χ2v) is 17.2. The first kappa shape index (κ1) is 35.6. The summed E-state index contributed by atoms with van der Waals surface area (Å²) in [6, 6.07) is 69.7. The number of thiophene rings is 1. The number of nitrogens with zero attached hydrogens (tertiary/aromatic N) is 5. The van der Waals surface area contributed by atoms with E-state index in [-0.39, 0.29) is 0 Å². The lowest BCUT2D eigenvalue weighted by atomic mass is 10.0. The maximum atomic E-state index is 5.18. The summed E-state index contributed by atoms with van der Waals surface area (Å²) < 4.78 is 7.19. The lowest BCUT2D eigenvalue weighted by Crippen LogP contribution is -1.98. The number of fused-ring (bicyclic) bond motifs is 9. The highest BCUT2D eigenvalue weighted by Gasteiger charge is 2.18. The number of hydrogen-bond donors (Lipinski definition) is 0. The number of rotatable bonds is 6. The van der Waals surface area contributed by atoms with Gasteiger partial charge in [-0.2, -0.15) is 0 Å². The van der Waals surface area contributed by atoms with Gasteiger partial charge in [-0.15, -0.1) is 11.3 Å². The molecule has 294 valence electrons. The zero-order chi connectivity index (χ0) is 41.4. The Kier molecular flexibility index (Phi) is 8.01. The Labute approximate surface area is 366 Å². The van der Waals surface area contributed by atoms with Crippen molar-refractivity contribution in [1.29, 1.82) is 0 Å². The minimum Gasteiger partial charge on any atom is -0.309 e. The van der Waals surface area contributed by atoms with Crippen LogP contribution in [-0.2, 0) is 0 Å². The largest absolute Gasteiger partial charge is 0.309 e. The quantitative estimate of drug-likeness (QED) is 0.168. The molecule has 0 aliphatic heterocycles. The second kappa shape index (κ2) is 14.2. The van der Waals surface area contributed by atoms with Gasteiger partial charge in [0.25, 0.3) is 0 Å². The molecule has 13 rings (SSSR count). The third kappa shape index (κ3) is 5.80. The molecule has 0 spiro atoms. The van der Waals surface area contributed by atoms with Gasteiger partial charge in [0.2, 0.25) is 0 Å². The van der Waals surface area contributed by atoms with Gasteiger partial charge in [0.05, 0.1) is 61.2 Å². The van der Waals surface area contributed by atoms with Gasteiger partial charge in [-0.1, -0.05) is 115 Å². The summed E-state index contributed by atoms with van der Waals surface area (Å²) in [5, 5.41) is 6.00. The fourth-order valence-corrected chi connectivity index (χ4v) is 10.5. The molecule has 63 heavy (non-hydrogen) atoms. The van der Waals surface area contributed by atoms with Crippen molar-refractivity contribution in [2.45, 2.75) is 0 Å². The van der Waals surface area contributed by atoms with Gasteiger partial charge < -0.3 is 9.13 Å². The Morgan fingerprint density at radius 3 is 1.54 bits per heavy atom. The molecular formula is C57H35N5S. The molecule has 0 atom stereocenters. The van der Waals surface area contributed by atoms with Gasteiger partial charge in [0.15, 0.2) is 0 Å². The van der Waals surface area contributed by atoms with Gasteiger partial charge >= 0.3 is 0 Å². The standard InChI is InChI=1S/C57H35N5S/c1-3-12-36(13-4-1)49-32-42(33-50(60-49)37-14-5-2-6-15-37)61-51-18-9-7-16-44(51)46-29-38(21-24-53(46)61)39-22-25-54-47(30-39)45-17-8-10-19-52(45)62(54)43-28-41(34-58-35-43)40-23-26-55-48(31-40)57-56(63-55)20-11-27-59-57/h1-35H. The number of pyridine rings is 3. The molecular weight excluding hydrogens is 787 g/mol. The summed E-state index contributed by atoms with van der Waals surface area (Å²) in [7, 11) is 0. The second-order valence-electron chi connectivity index (χ2n) is 16.1. The molecule has 0 saturated carbocycles. The van der Waals surface area contributed by atoms with E-state index in [0.29, 0.717) is 0 Å². The molecule has 0 bridgehead atoms. The van der Waals surface area contributed by atoms with Gasteiger partial charge in [-0.3, -0.25) is 9.97 Å². The number of benzene rings is 7. The van der Waals surface area contributed by atoms with Crippen LogP contribution in [0.5, 0.6) is 0 Å². The highest BCUT2D eigenvalue weighted by molar-refractivity contribution is 7.25. The van der Waals surface area contributed by atoms with Crippen LogP contribution in [0.4, 0.5) is 0 Å². The molecule has 6 heteroatoms. The van der Waals surface area contributed by atoms with E-state index in [4.69, 9.17) is 15.0 Å². The summed E-state index contributed by atoms with van der Waals surface area (Å²) in [6.07, 6.45) is 5.81. The van der Waals surface area contributed by atoms with Crippen LogP contribution in [-0.4, -0.2) is 24.1 Å². The van der Waals surface area contributed by atoms with E-state index < -0.39 is 0 Å². The monoisotopic (exact) mass is 821 g/mol. The number of aromatic nitrogens is 5. The van der Waals surface area contributed by atoms with E-state index in [2.05, 4.69) is 197 Å². The van der Waals surface area contributed by atoms with E-state index in [9.17, 15) is 0 Å². The van der Waals surface area contributed by atoms with Gasteiger partial charge in [-0.05, 0) is 95.6 Å². The highest BCUT2D eigenvalue weighted by Crippen LogP contribution is 2.40. The summed E-state index contributed by atoms with van der Waals surface area (Å²) in [5.74, 6) is 0. The molecule has 7 aromatic carbocycles. The minimum atomic E-state index is 0.940. The van der Waals surface area contributed by atoms with Crippen molar-refractivity contribution < 1.29 is 0 Å². The molecule has 13 aromatic rings. The topological polar surface area (TPSA) is 48.5 Å². The van der Waals surface area contributed by atoms with Crippen molar-refractivity contribution in [3.63, 3.8) is 0 Å². The van der Waals surface area contributed by atoms with Gasteiger partial charge in [-0.25, -0.2) is 4.98 Å². The molecule has 0 saturated heterocycles. The molecule has 0 fully saturated rings. The van der Waals surface area contributed by atoms with Crippen LogP contribution in [0.1, 0.15) is 0 Å². The minimum absolute atomic E-state index is 0.940. The Balaban J connectivity index is 0.938. The normalized spacial score (nSPS) is 11.8. The average molecular weight is 822 g/mol. The predicted molar refractivity (Wildman–Crippen MR) is 263 cm³/mol. The first-order chi connectivity index (χ1) is 31.2. The summed E-state index contributed by atoms with van der Waals surface area (Å²) in [5.41, 5.74) is 16.3. The van der Waals surface area contributed by atoms with Crippen molar-refractivity contribution in [1.82, 2.24) is 24.1 Å². The molecule has 0 aliphatic carbocycles. The van der Waals surface area contributed by atoms with Crippen LogP contribution >= 0.6 is 11.3 Å². The van der Waals surface area contributed by atoms with Gasteiger partial charge in [0, 0.05) is 60.7 Å². The van der Waals surface area contributed by atoms with Crippen molar-refractivity contribution in [2.75, 3.05) is 0 Å². The molecule has 0 unspecified atom stereocenters. The third-order valence-corrected chi connectivity index (χ3v) is 13.6. The Hall–Kier alpha value is -8.19. The Morgan fingerprint density at radius 2 is 0.889 bits per heavy atom. The van der Waals surface area contributed by atoms with Crippen molar-refractivity contribution in [3.8, 4) is 56.1 Å². The fraction of sp³-hybridized carbons (Fsp3) is 0. The lowest BCUT2D eigenvalue weighted by molar-refractivity contribution is 1.14. The van der Waals surface area contributed by atoms with Crippen LogP contribution in [0.2, 0.25) is 0 Å².